The Bertz CT molecular complexity index is 507. The summed E-state index contributed by atoms with van der Waals surface area (Å²) in [5.41, 5.74) is 4.17. The maximum atomic E-state index is 2.32. The van der Waals surface area contributed by atoms with Gasteiger partial charge in [0.2, 0.25) is 0 Å². The Kier molecular flexibility index (Phi) is 7.98. The van der Waals surface area contributed by atoms with Crippen LogP contribution in [-0.4, -0.2) is 0 Å². The maximum absolute atomic E-state index is 2.32. The Labute approximate surface area is 128 Å². The largest absolute Gasteiger partial charge is 0.144 e. The summed E-state index contributed by atoms with van der Waals surface area (Å²) in [4.78, 5) is 1.35. The molecule has 0 fully saturated rings. The van der Waals surface area contributed by atoms with Crippen molar-refractivity contribution in [1.82, 2.24) is 0 Å². The summed E-state index contributed by atoms with van der Waals surface area (Å²) in [6, 6.07) is 11.2. The average molecular weight is 286 g/mol. The number of rotatable bonds is 5. The highest BCUT2D eigenvalue weighted by Gasteiger charge is 2.04. The second kappa shape index (κ2) is 9.55. The molecule has 0 radical (unpaired) electrons. The lowest BCUT2D eigenvalue weighted by atomic mass is 9.98. The molecule has 2 aromatic rings. The molecule has 0 spiro atoms. The van der Waals surface area contributed by atoms with Gasteiger partial charge in [-0.05, 0) is 54.0 Å². The molecule has 20 heavy (non-hydrogen) atoms. The third-order valence-electron chi connectivity index (χ3n) is 3.10. The van der Waals surface area contributed by atoms with Crippen molar-refractivity contribution in [2.24, 2.45) is 0 Å². The molecular weight excluding hydrogens is 260 g/mol. The van der Waals surface area contributed by atoms with E-state index in [9.17, 15) is 0 Å². The number of aryl methyl sites for hydroxylation is 1. The lowest BCUT2D eigenvalue weighted by Crippen LogP contribution is -1.90. The van der Waals surface area contributed by atoms with Gasteiger partial charge in [0.1, 0.15) is 0 Å². The molecule has 0 aliphatic carbocycles. The summed E-state index contributed by atoms with van der Waals surface area (Å²) in [5, 5.41) is 2.13. The minimum Gasteiger partial charge on any atom is -0.144 e. The van der Waals surface area contributed by atoms with E-state index in [1.54, 1.807) is 11.3 Å². The van der Waals surface area contributed by atoms with Gasteiger partial charge in [0.25, 0.3) is 0 Å². The van der Waals surface area contributed by atoms with Gasteiger partial charge in [0, 0.05) is 4.88 Å². The Hall–Kier alpha value is -1.34. The molecule has 2 rings (SSSR count). The van der Waals surface area contributed by atoms with Crippen LogP contribution in [0.4, 0.5) is 0 Å². The van der Waals surface area contributed by atoms with Gasteiger partial charge < -0.3 is 0 Å². The van der Waals surface area contributed by atoms with E-state index >= 15 is 0 Å². The van der Waals surface area contributed by atoms with Crippen LogP contribution < -0.4 is 0 Å². The van der Waals surface area contributed by atoms with Crippen LogP contribution in [0.1, 0.15) is 51.7 Å². The fourth-order valence-corrected chi connectivity index (χ4v) is 2.84. The van der Waals surface area contributed by atoms with Gasteiger partial charge >= 0.3 is 0 Å². The molecule has 108 valence electrons. The van der Waals surface area contributed by atoms with Gasteiger partial charge in [-0.25, -0.2) is 0 Å². The summed E-state index contributed by atoms with van der Waals surface area (Å²) in [6.07, 6.45) is 8.05. The number of unbranched alkanes of at least 4 members (excludes halogenated alkanes) is 1. The van der Waals surface area contributed by atoms with Crippen LogP contribution in [0.5, 0.6) is 0 Å². The fourth-order valence-electron chi connectivity index (χ4n) is 2.12. The molecule has 0 nitrogen and oxygen atoms in total. The van der Waals surface area contributed by atoms with Gasteiger partial charge in [0.05, 0.1) is 0 Å². The van der Waals surface area contributed by atoms with Crippen molar-refractivity contribution in [2.45, 2.75) is 47.0 Å². The number of thiophene rings is 1. The van der Waals surface area contributed by atoms with Crippen LogP contribution in [0.2, 0.25) is 0 Å². The molecule has 1 heterocycles. The normalized spacial score (nSPS) is 10.4. The molecule has 1 aromatic heterocycles. The van der Waals surface area contributed by atoms with Crippen LogP contribution in [0.15, 0.2) is 41.8 Å². The Morgan fingerprint density at radius 3 is 2.55 bits per heavy atom. The van der Waals surface area contributed by atoms with Crippen LogP contribution in [0.3, 0.4) is 0 Å². The average Bonchev–Trinajstić information content (AvgIpc) is 3.02. The summed E-state index contributed by atoms with van der Waals surface area (Å²) in [6.45, 7) is 8.33. The SMILES string of the molecule is C/C=C\c1cc(-c2cccs2)ccc1CCCC.CC. The summed E-state index contributed by atoms with van der Waals surface area (Å²) in [7, 11) is 0. The highest BCUT2D eigenvalue weighted by Crippen LogP contribution is 2.27. The second-order valence-corrected chi connectivity index (χ2v) is 5.44. The molecule has 0 saturated heterocycles. The number of allylic oxidation sites excluding steroid dienone is 1. The summed E-state index contributed by atoms with van der Waals surface area (Å²) < 4.78 is 0. The molecule has 0 saturated carbocycles. The fraction of sp³-hybridized carbons (Fsp3) is 0.368. The van der Waals surface area contributed by atoms with E-state index in [0.717, 1.165) is 0 Å². The van der Waals surface area contributed by atoms with Crippen molar-refractivity contribution >= 4 is 17.4 Å². The Morgan fingerprint density at radius 1 is 1.15 bits per heavy atom. The molecule has 0 unspecified atom stereocenters. The molecule has 0 aliphatic heterocycles. The molecule has 0 atom stereocenters. The summed E-state index contributed by atoms with van der Waals surface area (Å²) >= 11 is 1.80. The van der Waals surface area contributed by atoms with Gasteiger partial charge in [0.15, 0.2) is 0 Å². The first-order valence-electron chi connectivity index (χ1n) is 7.64. The van der Waals surface area contributed by atoms with Crippen molar-refractivity contribution in [1.29, 1.82) is 0 Å². The smallest absolute Gasteiger partial charge is 0.0342 e. The predicted octanol–water partition coefficient (Wildman–Crippen LogP) is 6.82. The van der Waals surface area contributed by atoms with Crippen LogP contribution >= 0.6 is 11.3 Å². The Balaban J connectivity index is 0.000000956. The lowest BCUT2D eigenvalue weighted by Gasteiger charge is -2.08. The number of benzene rings is 1. The van der Waals surface area contributed by atoms with Crippen LogP contribution in [-0.2, 0) is 6.42 Å². The van der Waals surface area contributed by atoms with Crippen molar-refractivity contribution in [2.75, 3.05) is 0 Å². The van der Waals surface area contributed by atoms with E-state index in [1.807, 2.05) is 13.8 Å². The van der Waals surface area contributed by atoms with Crippen molar-refractivity contribution < 1.29 is 0 Å². The molecule has 1 aromatic carbocycles. The van der Waals surface area contributed by atoms with E-state index in [4.69, 9.17) is 0 Å². The molecule has 1 heteroatoms. The van der Waals surface area contributed by atoms with E-state index < -0.39 is 0 Å². The van der Waals surface area contributed by atoms with E-state index in [0.29, 0.717) is 0 Å². The quantitative estimate of drug-likeness (QED) is 0.566. The monoisotopic (exact) mass is 286 g/mol. The Morgan fingerprint density at radius 2 is 1.95 bits per heavy atom. The van der Waals surface area contributed by atoms with Crippen LogP contribution in [0, 0.1) is 0 Å². The van der Waals surface area contributed by atoms with Crippen LogP contribution in [0.25, 0.3) is 16.5 Å². The number of hydrogen-bond donors (Lipinski definition) is 0. The highest BCUT2D eigenvalue weighted by atomic mass is 32.1. The van der Waals surface area contributed by atoms with Crippen molar-refractivity contribution in [3.8, 4) is 10.4 Å². The zero-order valence-corrected chi connectivity index (χ0v) is 14.0. The third kappa shape index (κ3) is 4.64. The minimum atomic E-state index is 1.18. The lowest BCUT2D eigenvalue weighted by molar-refractivity contribution is 0.794. The van der Waals surface area contributed by atoms with Crippen molar-refractivity contribution in [3.05, 3.63) is 52.9 Å². The van der Waals surface area contributed by atoms with Gasteiger partial charge in [-0.2, -0.15) is 0 Å². The maximum Gasteiger partial charge on any atom is 0.0342 e. The van der Waals surface area contributed by atoms with Gasteiger partial charge in [-0.15, -0.1) is 11.3 Å². The number of hydrogen-bond acceptors (Lipinski definition) is 1. The minimum absolute atomic E-state index is 1.18. The first-order valence-corrected chi connectivity index (χ1v) is 8.52. The third-order valence-corrected chi connectivity index (χ3v) is 4.02. The zero-order valence-electron chi connectivity index (χ0n) is 13.1. The first kappa shape index (κ1) is 16.7. The molecule has 0 N–H and O–H groups in total. The molecule has 0 aliphatic rings. The highest BCUT2D eigenvalue weighted by molar-refractivity contribution is 7.13. The zero-order chi connectivity index (χ0) is 14.8. The van der Waals surface area contributed by atoms with E-state index in [2.05, 4.69) is 61.7 Å². The summed E-state index contributed by atoms with van der Waals surface area (Å²) in [5.74, 6) is 0. The molecular formula is C19H26S. The topological polar surface area (TPSA) is 0 Å². The van der Waals surface area contributed by atoms with E-state index in [-0.39, 0.29) is 0 Å². The van der Waals surface area contributed by atoms with Gasteiger partial charge in [-0.3, -0.25) is 0 Å². The molecule has 0 amide bonds. The first-order chi connectivity index (χ1) is 9.85. The van der Waals surface area contributed by atoms with Crippen molar-refractivity contribution in [3.63, 3.8) is 0 Å². The predicted molar refractivity (Wildman–Crippen MR) is 94.4 cm³/mol. The van der Waals surface area contributed by atoms with E-state index in [1.165, 1.54) is 40.8 Å². The molecule has 0 bridgehead atoms. The van der Waals surface area contributed by atoms with Gasteiger partial charge in [-0.1, -0.05) is 57.5 Å². The standard InChI is InChI=1S/C17H20S.C2H6/c1-3-5-8-14-10-11-16(13-15(14)7-4-2)17-9-6-12-18-17;1-2/h4,6-7,9-13H,3,5,8H2,1-2H3;1-2H3/b7-4-;. The second-order valence-electron chi connectivity index (χ2n) is 4.49.